The first-order valence-electron chi connectivity index (χ1n) is 7.92. The van der Waals surface area contributed by atoms with Gasteiger partial charge in [0.25, 0.3) is 0 Å². The summed E-state index contributed by atoms with van der Waals surface area (Å²) in [7, 11) is 0. The summed E-state index contributed by atoms with van der Waals surface area (Å²) in [6, 6.07) is 9.88. The van der Waals surface area contributed by atoms with Crippen LogP contribution in [0.1, 0.15) is 16.3 Å². The van der Waals surface area contributed by atoms with Crippen LogP contribution in [0.4, 0.5) is 0 Å². The number of thiazole rings is 2. The zero-order valence-electron chi connectivity index (χ0n) is 14.2. The van der Waals surface area contributed by atoms with E-state index in [9.17, 15) is 0 Å². The van der Waals surface area contributed by atoms with Gasteiger partial charge in [-0.05, 0) is 13.8 Å². The molecule has 0 aliphatic heterocycles. The van der Waals surface area contributed by atoms with Crippen LogP contribution < -0.4 is 5.73 Å². The summed E-state index contributed by atoms with van der Waals surface area (Å²) in [6.45, 7) is 4.05. The van der Waals surface area contributed by atoms with E-state index in [0.717, 1.165) is 49.5 Å². The summed E-state index contributed by atoms with van der Waals surface area (Å²) in [5, 5.41) is 10.2. The van der Waals surface area contributed by atoms with Crippen LogP contribution in [0.3, 0.4) is 0 Å². The molecular formula is C18H16N6S2. The standard InChI is InChI=1S/C18H16N6S2/c1-10-8-25-18-22-11(2)14(24(10)18)17-23-13(12-6-4-3-5-7-12)15(26-17)16(20)21-9-19/h3-9H,1-2H3,(H3,19,20,21). The number of rotatable bonds is 4. The van der Waals surface area contributed by atoms with Crippen LogP contribution in [0.2, 0.25) is 0 Å². The lowest BCUT2D eigenvalue weighted by Crippen LogP contribution is -2.12. The quantitative estimate of drug-likeness (QED) is 0.412. The average molecular weight is 381 g/mol. The molecule has 6 nitrogen and oxygen atoms in total. The number of imidazole rings is 1. The van der Waals surface area contributed by atoms with Gasteiger partial charge in [-0.2, -0.15) is 0 Å². The Morgan fingerprint density at radius 2 is 2.00 bits per heavy atom. The molecule has 0 atom stereocenters. The molecule has 1 aromatic carbocycles. The number of hydrogen-bond acceptors (Lipinski definition) is 5. The number of nitrogens with one attached hydrogen (secondary N) is 1. The average Bonchev–Trinajstić information content (AvgIpc) is 3.31. The molecule has 8 heteroatoms. The molecule has 0 amide bonds. The molecule has 130 valence electrons. The molecule has 3 N–H and O–H groups in total. The molecule has 3 heterocycles. The first-order chi connectivity index (χ1) is 12.6. The summed E-state index contributed by atoms with van der Waals surface area (Å²) >= 11 is 3.09. The second kappa shape index (κ2) is 6.47. The van der Waals surface area contributed by atoms with Crippen LogP contribution in [0.15, 0.2) is 40.7 Å². The third kappa shape index (κ3) is 2.63. The van der Waals surface area contributed by atoms with Gasteiger partial charge in [0.15, 0.2) is 4.96 Å². The number of aryl methyl sites for hydroxylation is 2. The topological polar surface area (TPSA) is 92.4 Å². The Morgan fingerprint density at radius 3 is 2.73 bits per heavy atom. The van der Waals surface area contributed by atoms with E-state index >= 15 is 0 Å². The van der Waals surface area contributed by atoms with Gasteiger partial charge in [-0.3, -0.25) is 9.81 Å². The van der Waals surface area contributed by atoms with Crippen molar-refractivity contribution in [3.05, 3.63) is 52.0 Å². The van der Waals surface area contributed by atoms with Gasteiger partial charge in [0.1, 0.15) is 22.9 Å². The lowest BCUT2D eigenvalue weighted by atomic mass is 10.1. The first-order valence-corrected chi connectivity index (χ1v) is 9.62. The first kappa shape index (κ1) is 16.6. The van der Waals surface area contributed by atoms with Crippen LogP contribution in [0.5, 0.6) is 0 Å². The molecule has 4 rings (SSSR count). The molecule has 0 spiro atoms. The maximum absolute atomic E-state index is 7.23. The van der Waals surface area contributed by atoms with Crippen molar-refractivity contribution >= 4 is 39.8 Å². The number of amidine groups is 1. The molecule has 0 saturated carbocycles. The second-order valence-electron chi connectivity index (χ2n) is 5.75. The smallest absolute Gasteiger partial charge is 0.194 e. The van der Waals surface area contributed by atoms with Gasteiger partial charge in [0.2, 0.25) is 0 Å². The van der Waals surface area contributed by atoms with E-state index in [1.54, 1.807) is 11.3 Å². The van der Waals surface area contributed by atoms with Gasteiger partial charge >= 0.3 is 0 Å². The third-order valence-electron chi connectivity index (χ3n) is 4.02. The largest absolute Gasteiger partial charge is 0.382 e. The highest BCUT2D eigenvalue weighted by atomic mass is 32.1. The van der Waals surface area contributed by atoms with Crippen molar-refractivity contribution in [2.24, 2.45) is 10.7 Å². The zero-order chi connectivity index (χ0) is 18.3. The normalized spacial score (nSPS) is 12.0. The van der Waals surface area contributed by atoms with Gasteiger partial charge in [-0.1, -0.05) is 30.3 Å². The van der Waals surface area contributed by atoms with Crippen LogP contribution >= 0.6 is 22.7 Å². The molecule has 0 aliphatic carbocycles. The fourth-order valence-corrected chi connectivity index (χ4v) is 4.86. The van der Waals surface area contributed by atoms with Crippen LogP contribution in [-0.4, -0.2) is 26.5 Å². The van der Waals surface area contributed by atoms with Crippen molar-refractivity contribution < 1.29 is 0 Å². The molecular weight excluding hydrogens is 364 g/mol. The minimum absolute atomic E-state index is 0.294. The van der Waals surface area contributed by atoms with Crippen molar-refractivity contribution in [2.45, 2.75) is 13.8 Å². The monoisotopic (exact) mass is 380 g/mol. The highest BCUT2D eigenvalue weighted by Crippen LogP contribution is 2.36. The van der Waals surface area contributed by atoms with Crippen molar-refractivity contribution in [3.63, 3.8) is 0 Å². The molecule has 0 saturated heterocycles. The van der Waals surface area contributed by atoms with Crippen LogP contribution in [0, 0.1) is 19.3 Å². The number of nitrogens with two attached hydrogens (primary N) is 1. The summed E-state index contributed by atoms with van der Waals surface area (Å²) in [6.07, 6.45) is 0.953. The predicted octanol–water partition coefficient (Wildman–Crippen LogP) is 4.12. The lowest BCUT2D eigenvalue weighted by Gasteiger charge is -2.00. The van der Waals surface area contributed by atoms with E-state index in [0.29, 0.717) is 5.84 Å². The lowest BCUT2D eigenvalue weighted by molar-refractivity contribution is 1.13. The van der Waals surface area contributed by atoms with E-state index in [4.69, 9.17) is 16.1 Å². The van der Waals surface area contributed by atoms with Crippen molar-refractivity contribution in [2.75, 3.05) is 0 Å². The van der Waals surface area contributed by atoms with Crippen molar-refractivity contribution in [3.8, 4) is 22.0 Å². The molecule has 0 unspecified atom stereocenters. The minimum atomic E-state index is 0.294. The molecule has 3 aromatic heterocycles. The highest BCUT2D eigenvalue weighted by molar-refractivity contribution is 7.17. The number of hydrogen-bond donors (Lipinski definition) is 2. The van der Waals surface area contributed by atoms with Gasteiger partial charge in [0, 0.05) is 16.6 Å². The van der Waals surface area contributed by atoms with Crippen LogP contribution in [-0.2, 0) is 0 Å². The fraction of sp³-hybridized carbons (Fsp3) is 0.111. The molecule has 26 heavy (non-hydrogen) atoms. The Bertz CT molecular complexity index is 1130. The summed E-state index contributed by atoms with van der Waals surface area (Å²) in [5.74, 6) is 0.294. The maximum atomic E-state index is 7.23. The van der Waals surface area contributed by atoms with Crippen LogP contribution in [0.25, 0.3) is 26.9 Å². The molecule has 0 bridgehead atoms. The fourth-order valence-electron chi connectivity index (χ4n) is 2.87. The van der Waals surface area contributed by atoms with Crippen molar-refractivity contribution in [1.29, 1.82) is 5.41 Å². The molecule has 0 radical (unpaired) electrons. The molecule has 4 aromatic rings. The van der Waals surface area contributed by atoms with Gasteiger partial charge in [-0.25, -0.2) is 15.0 Å². The Morgan fingerprint density at radius 1 is 1.23 bits per heavy atom. The van der Waals surface area contributed by atoms with E-state index in [2.05, 4.69) is 26.7 Å². The van der Waals surface area contributed by atoms with Crippen molar-refractivity contribution in [1.82, 2.24) is 14.4 Å². The summed E-state index contributed by atoms with van der Waals surface area (Å²) in [4.78, 5) is 15.2. The van der Waals surface area contributed by atoms with Gasteiger partial charge < -0.3 is 5.73 Å². The van der Waals surface area contributed by atoms with E-state index in [-0.39, 0.29) is 0 Å². The highest BCUT2D eigenvalue weighted by Gasteiger charge is 2.22. The number of fused-ring (bicyclic) bond motifs is 1. The van der Waals surface area contributed by atoms with E-state index in [1.807, 2.05) is 37.3 Å². The zero-order valence-corrected chi connectivity index (χ0v) is 15.9. The number of benzene rings is 1. The van der Waals surface area contributed by atoms with Gasteiger partial charge in [-0.15, -0.1) is 22.7 Å². The van der Waals surface area contributed by atoms with E-state index < -0.39 is 0 Å². The maximum Gasteiger partial charge on any atom is 0.194 e. The van der Waals surface area contributed by atoms with Gasteiger partial charge in [0.05, 0.1) is 16.3 Å². The Hall–Kier alpha value is -2.84. The summed E-state index contributed by atoms with van der Waals surface area (Å²) in [5.41, 5.74) is 10.9. The molecule has 0 aliphatic rings. The summed E-state index contributed by atoms with van der Waals surface area (Å²) < 4.78 is 2.13. The number of nitrogens with zero attached hydrogens (tertiary/aromatic N) is 4. The third-order valence-corrected chi connectivity index (χ3v) is 6.05. The molecule has 0 fully saturated rings. The predicted molar refractivity (Wildman–Crippen MR) is 109 cm³/mol. The number of aliphatic imine (C=N–C) groups is 1. The minimum Gasteiger partial charge on any atom is -0.382 e. The van der Waals surface area contributed by atoms with E-state index in [1.165, 1.54) is 11.3 Å². The SMILES string of the molecule is Cc1nc2scc(C)n2c1-c1nc(-c2ccccc2)c(C(N)=NC=N)s1. The Balaban J connectivity index is 1.99. The second-order valence-corrected chi connectivity index (χ2v) is 7.58. The number of aromatic nitrogens is 3. The Kier molecular flexibility index (Phi) is 4.14. The Labute approximate surface area is 158 Å².